The van der Waals surface area contributed by atoms with Gasteiger partial charge in [-0.05, 0) is 36.4 Å². The van der Waals surface area contributed by atoms with Gasteiger partial charge in [-0.2, -0.15) is 10.2 Å². The molecule has 41 heavy (non-hydrogen) atoms. The number of aryl methyl sites for hydroxylation is 1. The first-order chi connectivity index (χ1) is 20.0. The maximum Gasteiger partial charge on any atom is 0.152 e. The number of aromatic nitrogens is 6. The van der Waals surface area contributed by atoms with Crippen molar-refractivity contribution in [2.24, 2.45) is 7.05 Å². The van der Waals surface area contributed by atoms with Gasteiger partial charge in [0.15, 0.2) is 5.82 Å². The normalized spacial score (nSPS) is 23.0. The van der Waals surface area contributed by atoms with Crippen LogP contribution < -0.4 is 15.4 Å². The van der Waals surface area contributed by atoms with Gasteiger partial charge in [-0.3, -0.25) is 4.68 Å². The third-order valence-corrected chi connectivity index (χ3v) is 7.65. The fourth-order valence-electron chi connectivity index (χ4n) is 5.50. The van der Waals surface area contributed by atoms with Crippen molar-refractivity contribution in [1.82, 2.24) is 29.4 Å². The van der Waals surface area contributed by atoms with Crippen LogP contribution in [0.15, 0.2) is 55.0 Å². The highest BCUT2D eigenvalue weighted by atomic mass is 16.6. The standard InChI is InChI=1S/C28H30N8O5/c1-34-7-6-19(33-34)18-13-21(36-24(18)28(29)30-15-31-36)27-26(38)25(37)22(41-27)14-40-17-4-2-16-3-5-23(32-20(16)12-17)35-8-10-39-11-9-35/h2-7,12-13,15,22,25-27,37-38H,8-11,14H2,1H3,(H2,29,30,31)/t22-,25-,26-,27+/m1/s1. The molecule has 0 spiro atoms. The van der Waals surface area contributed by atoms with E-state index in [1.807, 2.05) is 55.7 Å². The quantitative estimate of drug-likeness (QED) is 0.276. The smallest absolute Gasteiger partial charge is 0.152 e. The molecule has 0 saturated carbocycles. The summed E-state index contributed by atoms with van der Waals surface area (Å²) in [4.78, 5) is 11.2. The van der Waals surface area contributed by atoms with Crippen LogP contribution in [0, 0.1) is 0 Å². The van der Waals surface area contributed by atoms with Crippen LogP contribution in [0.2, 0.25) is 0 Å². The van der Waals surface area contributed by atoms with E-state index in [0.29, 0.717) is 41.4 Å². The van der Waals surface area contributed by atoms with Gasteiger partial charge >= 0.3 is 0 Å². The number of benzene rings is 1. The maximum atomic E-state index is 11.0. The van der Waals surface area contributed by atoms with E-state index in [1.165, 1.54) is 6.33 Å². The Bertz CT molecular complexity index is 1710. The number of aliphatic hydroxyl groups is 2. The van der Waals surface area contributed by atoms with E-state index in [0.717, 1.165) is 29.8 Å². The van der Waals surface area contributed by atoms with Gasteiger partial charge in [0.2, 0.25) is 0 Å². The lowest BCUT2D eigenvalue weighted by Gasteiger charge is -2.27. The summed E-state index contributed by atoms with van der Waals surface area (Å²) >= 11 is 0. The van der Waals surface area contributed by atoms with Crippen LogP contribution in [0.5, 0.6) is 5.75 Å². The summed E-state index contributed by atoms with van der Waals surface area (Å²) in [6, 6.07) is 13.4. The van der Waals surface area contributed by atoms with E-state index in [1.54, 1.807) is 9.20 Å². The van der Waals surface area contributed by atoms with E-state index in [4.69, 9.17) is 24.9 Å². The number of aliphatic hydroxyl groups excluding tert-OH is 2. The summed E-state index contributed by atoms with van der Waals surface area (Å²) in [7, 11) is 1.82. The molecule has 2 aliphatic rings. The lowest BCUT2D eigenvalue weighted by molar-refractivity contribution is -0.0187. The molecule has 212 valence electrons. The van der Waals surface area contributed by atoms with Crippen molar-refractivity contribution >= 4 is 28.1 Å². The predicted molar refractivity (Wildman–Crippen MR) is 149 cm³/mol. The van der Waals surface area contributed by atoms with Gasteiger partial charge in [0.1, 0.15) is 54.4 Å². The van der Waals surface area contributed by atoms with E-state index < -0.39 is 24.4 Å². The molecule has 4 aromatic heterocycles. The third-order valence-electron chi connectivity index (χ3n) is 7.65. The number of hydrogen-bond donors (Lipinski definition) is 3. The Morgan fingerprint density at radius 3 is 2.71 bits per heavy atom. The van der Waals surface area contributed by atoms with Crippen LogP contribution in [-0.2, 0) is 16.5 Å². The Kier molecular flexibility index (Phi) is 6.43. The molecular weight excluding hydrogens is 528 g/mol. The largest absolute Gasteiger partial charge is 0.491 e. The van der Waals surface area contributed by atoms with Gasteiger partial charge in [0, 0.05) is 43.4 Å². The lowest BCUT2D eigenvalue weighted by Crippen LogP contribution is -2.36. The second-order valence-electron chi connectivity index (χ2n) is 10.3. The van der Waals surface area contributed by atoms with E-state index in [-0.39, 0.29) is 12.4 Å². The van der Waals surface area contributed by atoms with Gasteiger partial charge in [-0.25, -0.2) is 14.5 Å². The first kappa shape index (κ1) is 25.7. The average Bonchev–Trinajstić information content (AvgIpc) is 3.68. The molecule has 0 aliphatic carbocycles. The second-order valence-corrected chi connectivity index (χ2v) is 10.3. The van der Waals surface area contributed by atoms with Gasteiger partial charge in [0.05, 0.1) is 30.1 Å². The molecule has 4 atom stereocenters. The zero-order chi connectivity index (χ0) is 28.1. The molecule has 2 saturated heterocycles. The molecule has 0 unspecified atom stereocenters. The van der Waals surface area contributed by atoms with Crippen molar-refractivity contribution in [1.29, 1.82) is 0 Å². The van der Waals surface area contributed by atoms with E-state index >= 15 is 0 Å². The molecule has 0 bridgehead atoms. The van der Waals surface area contributed by atoms with Gasteiger partial charge in [-0.15, -0.1) is 0 Å². The SMILES string of the molecule is Cn1ccc(-c2cc([C@@H]3O[C@H](COc4ccc5ccc(N6CCOCC6)nc5c4)[C@@H](O)[C@H]3O)n3ncnc(N)c23)n1. The number of nitrogens with zero attached hydrogens (tertiary/aromatic N) is 7. The lowest BCUT2D eigenvalue weighted by atomic mass is 10.1. The summed E-state index contributed by atoms with van der Waals surface area (Å²) in [5.74, 6) is 1.75. The summed E-state index contributed by atoms with van der Waals surface area (Å²) in [5, 5.41) is 31.8. The monoisotopic (exact) mass is 558 g/mol. The number of ether oxygens (including phenoxy) is 3. The minimum absolute atomic E-state index is 0.0247. The highest BCUT2D eigenvalue weighted by Crippen LogP contribution is 2.39. The van der Waals surface area contributed by atoms with Crippen molar-refractivity contribution in [3.63, 3.8) is 0 Å². The topological polar surface area (TPSA) is 158 Å². The molecule has 2 aliphatic heterocycles. The van der Waals surface area contributed by atoms with E-state index in [9.17, 15) is 10.2 Å². The molecule has 0 radical (unpaired) electrons. The summed E-state index contributed by atoms with van der Waals surface area (Å²) in [6.07, 6.45) is -0.917. The second kappa shape index (κ2) is 10.3. The number of fused-ring (bicyclic) bond motifs is 2. The molecule has 2 fully saturated rings. The first-order valence-corrected chi connectivity index (χ1v) is 13.5. The highest BCUT2D eigenvalue weighted by Gasteiger charge is 2.45. The summed E-state index contributed by atoms with van der Waals surface area (Å²) in [6.45, 7) is 2.99. The number of nitrogens with two attached hydrogens (primary N) is 1. The fourth-order valence-corrected chi connectivity index (χ4v) is 5.50. The summed E-state index contributed by atoms with van der Waals surface area (Å²) < 4.78 is 20.9. The molecule has 13 heteroatoms. The molecule has 6 heterocycles. The molecule has 5 aromatic rings. The number of anilines is 2. The van der Waals surface area contributed by atoms with Crippen LogP contribution in [0.25, 0.3) is 27.7 Å². The fraction of sp³-hybridized carbons (Fsp3) is 0.357. The third kappa shape index (κ3) is 4.62. The van der Waals surface area contributed by atoms with Crippen LogP contribution in [-0.4, -0.2) is 90.8 Å². The number of hydrogen-bond acceptors (Lipinski definition) is 11. The van der Waals surface area contributed by atoms with Gasteiger partial charge in [-0.1, -0.05) is 0 Å². The highest BCUT2D eigenvalue weighted by molar-refractivity contribution is 5.87. The zero-order valence-electron chi connectivity index (χ0n) is 22.4. The summed E-state index contributed by atoms with van der Waals surface area (Å²) in [5.41, 5.74) is 9.46. The van der Waals surface area contributed by atoms with Crippen molar-refractivity contribution < 1.29 is 24.4 Å². The molecule has 4 N–H and O–H groups in total. The number of pyridine rings is 1. The minimum Gasteiger partial charge on any atom is -0.491 e. The van der Waals surface area contributed by atoms with Crippen LogP contribution in [0.4, 0.5) is 11.6 Å². The predicted octanol–water partition coefficient (Wildman–Crippen LogP) is 1.34. The van der Waals surface area contributed by atoms with Crippen molar-refractivity contribution in [2.45, 2.75) is 24.4 Å². The molecule has 0 amide bonds. The van der Waals surface area contributed by atoms with Crippen LogP contribution in [0.1, 0.15) is 11.8 Å². The minimum atomic E-state index is -1.22. The molecule has 13 nitrogen and oxygen atoms in total. The van der Waals surface area contributed by atoms with Crippen LogP contribution >= 0.6 is 0 Å². The molecular formula is C28H30N8O5. The Morgan fingerprint density at radius 2 is 1.90 bits per heavy atom. The first-order valence-electron chi connectivity index (χ1n) is 13.5. The van der Waals surface area contributed by atoms with Crippen molar-refractivity contribution in [3.05, 3.63) is 60.7 Å². The van der Waals surface area contributed by atoms with Crippen molar-refractivity contribution in [2.75, 3.05) is 43.5 Å². The Hall–Kier alpha value is -4.30. The van der Waals surface area contributed by atoms with Crippen LogP contribution in [0.3, 0.4) is 0 Å². The Labute approximate surface area is 234 Å². The van der Waals surface area contributed by atoms with Crippen molar-refractivity contribution in [3.8, 4) is 17.0 Å². The Balaban J connectivity index is 1.12. The average molecular weight is 559 g/mol. The van der Waals surface area contributed by atoms with E-state index in [2.05, 4.69) is 20.1 Å². The molecule has 7 rings (SSSR count). The molecule has 1 aromatic carbocycles. The number of morpholine rings is 1. The Morgan fingerprint density at radius 1 is 1.07 bits per heavy atom. The number of nitrogen functional groups attached to an aromatic ring is 1. The van der Waals surface area contributed by atoms with Gasteiger partial charge in [0.25, 0.3) is 0 Å². The number of rotatable bonds is 6. The van der Waals surface area contributed by atoms with Gasteiger partial charge < -0.3 is 35.1 Å². The zero-order valence-corrected chi connectivity index (χ0v) is 22.4. The maximum absolute atomic E-state index is 11.0.